The first-order valence-corrected chi connectivity index (χ1v) is 9.45. The van der Waals surface area contributed by atoms with Crippen molar-refractivity contribution in [3.8, 4) is 0 Å². The predicted molar refractivity (Wildman–Crippen MR) is 107 cm³/mol. The van der Waals surface area contributed by atoms with E-state index in [0.717, 1.165) is 24.8 Å². The molecule has 5 rings (SSSR count). The van der Waals surface area contributed by atoms with Gasteiger partial charge in [0.05, 0.1) is 5.02 Å². The van der Waals surface area contributed by atoms with Gasteiger partial charge in [-0.05, 0) is 69.7 Å². The van der Waals surface area contributed by atoms with Gasteiger partial charge in [-0.1, -0.05) is 66.3 Å². The van der Waals surface area contributed by atoms with Crippen molar-refractivity contribution >= 4 is 29.3 Å². The lowest BCUT2D eigenvalue weighted by Crippen LogP contribution is -2.36. The Balaban J connectivity index is 1.78. The molecule has 0 heterocycles. The van der Waals surface area contributed by atoms with Crippen LogP contribution in [0.5, 0.6) is 0 Å². The molecule has 0 bridgehead atoms. The minimum Gasteiger partial charge on any atom is -0.205 e. The van der Waals surface area contributed by atoms with E-state index in [1.165, 1.54) is 38.8 Å². The fraction of sp³-hybridized carbons (Fsp3) is 0.167. The Kier molecular flexibility index (Phi) is 3.72. The van der Waals surface area contributed by atoms with Crippen molar-refractivity contribution in [3.63, 3.8) is 0 Å². The van der Waals surface area contributed by atoms with E-state index in [1.54, 1.807) is 6.07 Å². The van der Waals surface area contributed by atoms with Gasteiger partial charge in [-0.2, -0.15) is 0 Å². The molecule has 0 amide bonds. The van der Waals surface area contributed by atoms with Gasteiger partial charge in [0.25, 0.3) is 0 Å². The van der Waals surface area contributed by atoms with Crippen LogP contribution in [0, 0.1) is 5.82 Å². The van der Waals surface area contributed by atoms with Crippen molar-refractivity contribution < 1.29 is 4.39 Å². The zero-order valence-electron chi connectivity index (χ0n) is 14.3. The van der Waals surface area contributed by atoms with E-state index in [1.807, 2.05) is 6.07 Å². The van der Waals surface area contributed by atoms with Crippen molar-refractivity contribution in [3.05, 3.63) is 98.2 Å². The molecule has 128 valence electrons. The average Bonchev–Trinajstić information content (AvgIpc) is 2.69. The Bertz CT molecular complexity index is 1130. The number of benzene rings is 2. The van der Waals surface area contributed by atoms with E-state index in [4.69, 9.17) is 11.6 Å². The highest BCUT2D eigenvalue weighted by molar-refractivity contribution is 6.30. The second kappa shape index (κ2) is 6.10. The van der Waals surface area contributed by atoms with Crippen LogP contribution in [0.3, 0.4) is 0 Å². The fourth-order valence-electron chi connectivity index (χ4n) is 4.41. The lowest BCUT2D eigenvalue weighted by atomic mass is 9.77. The van der Waals surface area contributed by atoms with Crippen molar-refractivity contribution in [2.24, 2.45) is 0 Å². The molecule has 0 aromatic heterocycles. The van der Waals surface area contributed by atoms with Crippen LogP contribution in [0.1, 0.15) is 35.4 Å². The summed E-state index contributed by atoms with van der Waals surface area (Å²) in [6, 6.07) is 9.57. The van der Waals surface area contributed by atoms with Crippen molar-refractivity contribution in [1.82, 2.24) is 0 Å². The standard InChI is InChI=1S/C24H18ClF/c25-22-14-17(10-13-23(22)26)19-7-3-5-16-9-11-20-18-6-2-1-4-15(18)8-12-21(20)24(16)19/h1,3-5,7-8,10-14,19H,2,6,9H2. The molecule has 0 radical (unpaired) electrons. The molecule has 0 N–H and O–H groups in total. The largest absolute Gasteiger partial charge is 0.205 e. The van der Waals surface area contributed by atoms with Crippen LogP contribution in [0.4, 0.5) is 4.39 Å². The van der Waals surface area contributed by atoms with Crippen LogP contribution in [-0.4, -0.2) is 0 Å². The van der Waals surface area contributed by atoms with Crippen LogP contribution < -0.4 is 10.4 Å². The van der Waals surface area contributed by atoms with Crippen molar-refractivity contribution in [1.29, 1.82) is 0 Å². The summed E-state index contributed by atoms with van der Waals surface area (Å²) in [5, 5.41) is 2.88. The summed E-state index contributed by atoms with van der Waals surface area (Å²) in [4.78, 5) is 0. The number of halogens is 2. The van der Waals surface area contributed by atoms with Gasteiger partial charge >= 0.3 is 0 Å². The Morgan fingerprint density at radius 2 is 2.04 bits per heavy atom. The van der Waals surface area contributed by atoms with E-state index < -0.39 is 0 Å². The molecule has 1 unspecified atom stereocenters. The monoisotopic (exact) mass is 360 g/mol. The first-order chi connectivity index (χ1) is 12.7. The molecule has 0 saturated carbocycles. The maximum Gasteiger partial charge on any atom is 0.141 e. The predicted octanol–water partition coefficient (Wildman–Crippen LogP) is 5.05. The van der Waals surface area contributed by atoms with Gasteiger partial charge in [-0.15, -0.1) is 0 Å². The molecule has 3 aliphatic rings. The van der Waals surface area contributed by atoms with Crippen LogP contribution >= 0.6 is 11.6 Å². The third kappa shape index (κ3) is 2.42. The van der Waals surface area contributed by atoms with Crippen LogP contribution in [-0.2, 0) is 6.42 Å². The van der Waals surface area contributed by atoms with Crippen molar-refractivity contribution in [2.75, 3.05) is 0 Å². The zero-order chi connectivity index (χ0) is 17.7. The molecule has 2 heteroatoms. The van der Waals surface area contributed by atoms with Crippen LogP contribution in [0.2, 0.25) is 5.02 Å². The number of rotatable bonds is 1. The third-order valence-corrected chi connectivity index (χ3v) is 5.92. The first kappa shape index (κ1) is 15.8. The number of hydrogen-bond acceptors (Lipinski definition) is 0. The quantitative estimate of drug-likeness (QED) is 0.667. The summed E-state index contributed by atoms with van der Waals surface area (Å²) >= 11 is 6.07. The van der Waals surface area contributed by atoms with Gasteiger partial charge in [0.1, 0.15) is 5.82 Å². The average molecular weight is 361 g/mol. The normalized spacial score (nSPS) is 20.0. The van der Waals surface area contributed by atoms with E-state index in [2.05, 4.69) is 48.6 Å². The Morgan fingerprint density at radius 1 is 1.12 bits per heavy atom. The number of hydrogen-bond donors (Lipinski definition) is 0. The van der Waals surface area contributed by atoms with Gasteiger partial charge in [-0.25, -0.2) is 4.39 Å². The summed E-state index contributed by atoms with van der Waals surface area (Å²) in [6.45, 7) is 0. The molecule has 2 aromatic rings. The minimum atomic E-state index is -0.366. The van der Waals surface area contributed by atoms with Gasteiger partial charge in [-0.3, -0.25) is 0 Å². The lowest BCUT2D eigenvalue weighted by Gasteiger charge is -2.27. The summed E-state index contributed by atoms with van der Waals surface area (Å²) in [5.74, 6) is -0.257. The summed E-state index contributed by atoms with van der Waals surface area (Å²) in [7, 11) is 0. The van der Waals surface area contributed by atoms with Crippen LogP contribution in [0.15, 0.2) is 60.2 Å². The van der Waals surface area contributed by atoms with E-state index in [9.17, 15) is 4.39 Å². The van der Waals surface area contributed by atoms with Gasteiger partial charge < -0.3 is 0 Å². The molecule has 3 aliphatic carbocycles. The van der Waals surface area contributed by atoms with E-state index in [-0.39, 0.29) is 16.8 Å². The molecule has 0 spiro atoms. The van der Waals surface area contributed by atoms with Gasteiger partial charge in [0.2, 0.25) is 0 Å². The number of allylic oxidation sites excluding steroid dienone is 5. The molecule has 26 heavy (non-hydrogen) atoms. The van der Waals surface area contributed by atoms with E-state index in [0.29, 0.717) is 0 Å². The second-order valence-corrected chi connectivity index (χ2v) is 7.49. The minimum absolute atomic E-state index is 0.109. The molecular formula is C24H18ClF. The van der Waals surface area contributed by atoms with Gasteiger partial charge in [0.15, 0.2) is 0 Å². The molecule has 0 saturated heterocycles. The first-order valence-electron chi connectivity index (χ1n) is 9.08. The second-order valence-electron chi connectivity index (χ2n) is 7.09. The highest BCUT2D eigenvalue weighted by Crippen LogP contribution is 2.38. The summed E-state index contributed by atoms with van der Waals surface area (Å²) in [6.07, 6.45) is 16.5. The van der Waals surface area contributed by atoms with E-state index >= 15 is 0 Å². The maximum atomic E-state index is 13.6. The SMILES string of the molecule is Fc1ccc(C2C=CC=C3CC=c4c5c(ccc4=C32)C=CCC5)cc1Cl. The fourth-order valence-corrected chi connectivity index (χ4v) is 4.59. The highest BCUT2D eigenvalue weighted by atomic mass is 35.5. The molecule has 2 aromatic carbocycles. The Hall–Kier alpha value is -2.38. The smallest absolute Gasteiger partial charge is 0.141 e. The topological polar surface area (TPSA) is 0 Å². The summed E-state index contributed by atoms with van der Waals surface area (Å²) < 4.78 is 13.6. The van der Waals surface area contributed by atoms with Crippen molar-refractivity contribution in [2.45, 2.75) is 25.2 Å². The molecular weight excluding hydrogens is 343 g/mol. The maximum absolute atomic E-state index is 13.6. The Morgan fingerprint density at radius 3 is 2.92 bits per heavy atom. The Labute approximate surface area is 157 Å². The highest BCUT2D eigenvalue weighted by Gasteiger charge is 2.24. The molecule has 0 fully saturated rings. The lowest BCUT2D eigenvalue weighted by molar-refractivity contribution is 0.627. The van der Waals surface area contributed by atoms with Gasteiger partial charge in [0, 0.05) is 5.92 Å². The van der Waals surface area contributed by atoms with Crippen LogP contribution in [0.25, 0.3) is 17.7 Å². The zero-order valence-corrected chi connectivity index (χ0v) is 15.1. The summed E-state index contributed by atoms with van der Waals surface area (Å²) in [5.41, 5.74) is 6.52. The number of fused-ring (bicyclic) bond motifs is 4. The molecule has 0 nitrogen and oxygen atoms in total. The third-order valence-electron chi connectivity index (χ3n) is 5.63. The molecule has 1 atom stereocenters. The molecule has 0 aliphatic heterocycles.